The van der Waals surface area contributed by atoms with E-state index in [2.05, 4.69) is 11.1 Å². The molecular formula is C22H25NO4. The van der Waals surface area contributed by atoms with E-state index in [4.69, 9.17) is 18.9 Å². The molecule has 0 radical (unpaired) electrons. The van der Waals surface area contributed by atoms with Crippen LogP contribution in [0, 0.1) is 6.92 Å². The Morgan fingerprint density at radius 3 is 2.11 bits per heavy atom. The number of fused-ring (bicyclic) bond motifs is 1. The Hall–Kier alpha value is -2.79. The minimum Gasteiger partial charge on any atom is -0.490 e. The van der Waals surface area contributed by atoms with Crippen LogP contribution in [0.5, 0.6) is 17.2 Å². The number of aryl methyl sites for hydroxylation is 1. The smallest absolute Gasteiger partial charge is 0.161 e. The van der Waals surface area contributed by atoms with E-state index >= 15 is 0 Å². The summed E-state index contributed by atoms with van der Waals surface area (Å²) in [5.41, 5.74) is 1.85. The van der Waals surface area contributed by atoms with Gasteiger partial charge in [0, 0.05) is 11.1 Å². The first kappa shape index (κ1) is 19.0. The summed E-state index contributed by atoms with van der Waals surface area (Å²) in [5, 5.41) is 1.07. The third-order valence-corrected chi connectivity index (χ3v) is 3.94. The van der Waals surface area contributed by atoms with E-state index in [-0.39, 0.29) is 0 Å². The predicted octanol–water partition coefficient (Wildman–Crippen LogP) is 4.42. The lowest BCUT2D eigenvalue weighted by molar-refractivity contribution is 0.0758. The summed E-state index contributed by atoms with van der Waals surface area (Å²) >= 11 is 0. The fourth-order valence-corrected chi connectivity index (χ4v) is 2.70. The van der Waals surface area contributed by atoms with Gasteiger partial charge in [0.2, 0.25) is 0 Å². The summed E-state index contributed by atoms with van der Waals surface area (Å²) < 4.78 is 22.7. The van der Waals surface area contributed by atoms with Crippen LogP contribution in [-0.2, 0) is 4.74 Å². The highest BCUT2D eigenvalue weighted by Gasteiger charge is 2.05. The topological polar surface area (TPSA) is 49.8 Å². The molecule has 3 rings (SSSR count). The van der Waals surface area contributed by atoms with Gasteiger partial charge in [0.1, 0.15) is 24.5 Å². The maximum Gasteiger partial charge on any atom is 0.161 e. The van der Waals surface area contributed by atoms with Crippen molar-refractivity contribution in [2.75, 3.05) is 33.0 Å². The number of para-hydroxylation sites is 3. The van der Waals surface area contributed by atoms with Gasteiger partial charge >= 0.3 is 0 Å². The number of benzene rings is 2. The minimum atomic E-state index is 0.457. The minimum absolute atomic E-state index is 0.457. The van der Waals surface area contributed by atoms with Crippen molar-refractivity contribution >= 4 is 10.9 Å². The Kier molecular flexibility index (Phi) is 6.88. The van der Waals surface area contributed by atoms with Crippen molar-refractivity contribution in [1.82, 2.24) is 4.98 Å². The van der Waals surface area contributed by atoms with Crippen molar-refractivity contribution in [2.45, 2.75) is 13.8 Å². The Morgan fingerprint density at radius 1 is 0.704 bits per heavy atom. The molecule has 1 heterocycles. The molecule has 0 bridgehead atoms. The standard InChI is InChI=1S/C22H25NO4/c1-3-25-19-8-4-5-9-20(19)26-15-13-24-14-16-27-21-10-6-7-18-12-11-17(2)23-22(18)21/h4-12H,3,13-16H2,1-2H3. The number of hydrogen-bond donors (Lipinski definition) is 0. The normalized spacial score (nSPS) is 10.7. The van der Waals surface area contributed by atoms with Crippen molar-refractivity contribution in [3.8, 4) is 17.2 Å². The molecule has 0 aliphatic heterocycles. The summed E-state index contributed by atoms with van der Waals surface area (Å²) in [6.07, 6.45) is 0. The predicted molar refractivity (Wildman–Crippen MR) is 106 cm³/mol. The lowest BCUT2D eigenvalue weighted by atomic mass is 10.2. The molecule has 1 aromatic heterocycles. The Bertz CT molecular complexity index is 866. The molecule has 3 aromatic rings. The molecule has 0 saturated heterocycles. The molecule has 0 fully saturated rings. The fraction of sp³-hybridized carbons (Fsp3) is 0.318. The van der Waals surface area contributed by atoms with Crippen LogP contribution in [0.15, 0.2) is 54.6 Å². The molecule has 0 aliphatic carbocycles. The maximum absolute atomic E-state index is 5.84. The van der Waals surface area contributed by atoms with Gasteiger partial charge in [0.15, 0.2) is 11.5 Å². The van der Waals surface area contributed by atoms with Gasteiger partial charge < -0.3 is 18.9 Å². The van der Waals surface area contributed by atoms with Crippen molar-refractivity contribution < 1.29 is 18.9 Å². The third kappa shape index (κ3) is 5.34. The molecule has 0 saturated carbocycles. The van der Waals surface area contributed by atoms with Gasteiger partial charge in [-0.05, 0) is 38.1 Å². The van der Waals surface area contributed by atoms with E-state index in [1.165, 1.54) is 0 Å². The van der Waals surface area contributed by atoms with Gasteiger partial charge in [-0.1, -0.05) is 30.3 Å². The van der Waals surface area contributed by atoms with Crippen LogP contribution in [0.1, 0.15) is 12.6 Å². The molecule has 0 spiro atoms. The number of pyridine rings is 1. The number of aromatic nitrogens is 1. The summed E-state index contributed by atoms with van der Waals surface area (Å²) in [6, 6.07) is 17.6. The van der Waals surface area contributed by atoms with E-state index in [0.29, 0.717) is 33.0 Å². The number of rotatable bonds is 10. The van der Waals surface area contributed by atoms with E-state index < -0.39 is 0 Å². The number of ether oxygens (including phenoxy) is 4. The molecule has 27 heavy (non-hydrogen) atoms. The first-order valence-corrected chi connectivity index (χ1v) is 9.19. The SMILES string of the molecule is CCOc1ccccc1OCCOCCOc1cccc2ccc(C)nc12. The molecule has 5 heteroatoms. The van der Waals surface area contributed by atoms with Crippen molar-refractivity contribution in [2.24, 2.45) is 0 Å². The van der Waals surface area contributed by atoms with Crippen LogP contribution >= 0.6 is 0 Å². The fourth-order valence-electron chi connectivity index (χ4n) is 2.70. The molecule has 0 atom stereocenters. The summed E-state index contributed by atoms with van der Waals surface area (Å²) in [6.45, 7) is 6.42. The molecular weight excluding hydrogens is 342 g/mol. The molecule has 5 nitrogen and oxygen atoms in total. The summed E-state index contributed by atoms with van der Waals surface area (Å²) in [7, 11) is 0. The van der Waals surface area contributed by atoms with E-state index in [0.717, 1.165) is 33.8 Å². The van der Waals surface area contributed by atoms with E-state index in [1.807, 2.05) is 62.4 Å². The highest BCUT2D eigenvalue weighted by molar-refractivity contribution is 5.84. The van der Waals surface area contributed by atoms with Gasteiger partial charge in [-0.3, -0.25) is 0 Å². The molecule has 0 unspecified atom stereocenters. The Morgan fingerprint density at radius 2 is 1.37 bits per heavy atom. The lowest BCUT2D eigenvalue weighted by Crippen LogP contribution is -2.12. The van der Waals surface area contributed by atoms with E-state index in [1.54, 1.807) is 0 Å². The van der Waals surface area contributed by atoms with Crippen LogP contribution in [0.25, 0.3) is 10.9 Å². The second kappa shape index (κ2) is 9.78. The summed E-state index contributed by atoms with van der Waals surface area (Å²) in [4.78, 5) is 4.56. The maximum atomic E-state index is 5.84. The van der Waals surface area contributed by atoms with Crippen LogP contribution in [-0.4, -0.2) is 38.0 Å². The van der Waals surface area contributed by atoms with Crippen molar-refractivity contribution in [3.05, 3.63) is 60.3 Å². The van der Waals surface area contributed by atoms with Crippen molar-refractivity contribution in [3.63, 3.8) is 0 Å². The molecule has 0 aliphatic rings. The average molecular weight is 367 g/mol. The largest absolute Gasteiger partial charge is 0.490 e. The monoisotopic (exact) mass is 367 g/mol. The molecule has 142 valence electrons. The highest BCUT2D eigenvalue weighted by Crippen LogP contribution is 2.26. The molecule has 2 aromatic carbocycles. The second-order valence-electron chi connectivity index (χ2n) is 5.97. The quantitative estimate of drug-likeness (QED) is 0.497. The van der Waals surface area contributed by atoms with E-state index in [9.17, 15) is 0 Å². The van der Waals surface area contributed by atoms with Gasteiger partial charge in [-0.25, -0.2) is 4.98 Å². The zero-order chi connectivity index (χ0) is 18.9. The van der Waals surface area contributed by atoms with Gasteiger partial charge in [0.05, 0.1) is 19.8 Å². The first-order chi connectivity index (χ1) is 13.3. The Balaban J connectivity index is 1.40. The van der Waals surface area contributed by atoms with Crippen LogP contribution in [0.3, 0.4) is 0 Å². The number of nitrogens with zero attached hydrogens (tertiary/aromatic N) is 1. The molecule has 0 N–H and O–H groups in total. The first-order valence-electron chi connectivity index (χ1n) is 9.19. The lowest BCUT2D eigenvalue weighted by Gasteiger charge is -2.12. The van der Waals surface area contributed by atoms with Crippen LogP contribution in [0.4, 0.5) is 0 Å². The van der Waals surface area contributed by atoms with Crippen LogP contribution < -0.4 is 14.2 Å². The van der Waals surface area contributed by atoms with Gasteiger partial charge in [0.25, 0.3) is 0 Å². The van der Waals surface area contributed by atoms with Gasteiger partial charge in [-0.15, -0.1) is 0 Å². The zero-order valence-electron chi connectivity index (χ0n) is 15.8. The van der Waals surface area contributed by atoms with Crippen LogP contribution in [0.2, 0.25) is 0 Å². The number of hydrogen-bond acceptors (Lipinski definition) is 5. The Labute approximate surface area is 159 Å². The molecule has 0 amide bonds. The highest BCUT2D eigenvalue weighted by atomic mass is 16.6. The summed E-state index contributed by atoms with van der Waals surface area (Å²) in [5.74, 6) is 2.26. The third-order valence-electron chi connectivity index (χ3n) is 3.94. The van der Waals surface area contributed by atoms with Gasteiger partial charge in [-0.2, -0.15) is 0 Å². The average Bonchev–Trinajstić information content (AvgIpc) is 2.69. The zero-order valence-corrected chi connectivity index (χ0v) is 15.8. The second-order valence-corrected chi connectivity index (χ2v) is 5.97. The van der Waals surface area contributed by atoms with Crippen molar-refractivity contribution in [1.29, 1.82) is 0 Å².